The highest BCUT2D eigenvalue weighted by Crippen LogP contribution is 2.36. The molecule has 1 heterocycles. The molecule has 10 nitrogen and oxygen atoms in total. The smallest absolute Gasteiger partial charge is 0.356 e. The molecule has 1 aromatic heterocycles. The van der Waals surface area contributed by atoms with Crippen LogP contribution in [0.4, 0.5) is 10.1 Å². The zero-order chi connectivity index (χ0) is 27.8. The first-order valence-electron chi connectivity index (χ1n) is 12.0. The zero-order valence-corrected chi connectivity index (χ0v) is 22.2. The summed E-state index contributed by atoms with van der Waals surface area (Å²) in [4.78, 5) is 24.0. The molecule has 2 aromatic carbocycles. The number of aromatic carboxylic acids is 1. The summed E-state index contributed by atoms with van der Waals surface area (Å²) in [6.45, 7) is 7.22. The fraction of sp³-hybridized carbons (Fsp3) is 0.346. The van der Waals surface area contributed by atoms with E-state index in [9.17, 15) is 27.5 Å². The summed E-state index contributed by atoms with van der Waals surface area (Å²) >= 11 is 0. The number of amides is 1. The number of rotatable bonds is 9. The number of ether oxygens (including phenoxy) is 1. The van der Waals surface area contributed by atoms with Gasteiger partial charge in [-0.1, -0.05) is 20.8 Å². The highest BCUT2D eigenvalue weighted by molar-refractivity contribution is 7.89. The van der Waals surface area contributed by atoms with Crippen molar-refractivity contribution in [2.75, 3.05) is 5.32 Å². The number of nitrogens with zero attached hydrogens (tertiary/aromatic N) is 2. The summed E-state index contributed by atoms with van der Waals surface area (Å²) in [5.41, 5.74) is 0.133. The van der Waals surface area contributed by atoms with Gasteiger partial charge in [0, 0.05) is 23.7 Å². The third-order valence-electron chi connectivity index (χ3n) is 5.66. The lowest BCUT2D eigenvalue weighted by Crippen LogP contribution is -2.26. The molecule has 0 radical (unpaired) electrons. The van der Waals surface area contributed by atoms with Crippen LogP contribution in [0.15, 0.2) is 47.4 Å². The Hall–Kier alpha value is -3.77. The monoisotopic (exact) mass is 544 g/mol. The number of halogens is 1. The summed E-state index contributed by atoms with van der Waals surface area (Å²) in [5, 5.41) is 16.4. The first-order valence-corrected chi connectivity index (χ1v) is 13.4. The zero-order valence-electron chi connectivity index (χ0n) is 21.4. The van der Waals surface area contributed by atoms with Gasteiger partial charge in [0.15, 0.2) is 5.69 Å². The standard InChI is InChI=1S/C26H29FN4O6S/c1-15-23(25(33)34)29-31(19-10-5-16(27)6-11-19)24(15)37-20-12-9-18(28-22(32)14-26(2,3)4)13-21(20)38(35,36)30-17-7-8-17/h5-6,9-13,17,30H,7-8,14H2,1-4H3,(H,28,32)(H,33,34). The largest absolute Gasteiger partial charge is 0.476 e. The molecule has 1 aliphatic carbocycles. The second kappa shape index (κ2) is 10.2. The van der Waals surface area contributed by atoms with Gasteiger partial charge in [0.2, 0.25) is 21.8 Å². The lowest BCUT2D eigenvalue weighted by Gasteiger charge is -2.18. The molecule has 1 aliphatic rings. The first kappa shape index (κ1) is 27.3. The van der Waals surface area contributed by atoms with E-state index in [0.29, 0.717) is 18.5 Å². The van der Waals surface area contributed by atoms with E-state index in [2.05, 4.69) is 15.1 Å². The first-order chi connectivity index (χ1) is 17.7. The van der Waals surface area contributed by atoms with Crippen LogP contribution < -0.4 is 14.8 Å². The summed E-state index contributed by atoms with van der Waals surface area (Å²) < 4.78 is 49.9. The Morgan fingerprint density at radius 1 is 1.16 bits per heavy atom. The Kier molecular flexibility index (Phi) is 7.31. The van der Waals surface area contributed by atoms with Crippen molar-refractivity contribution in [3.8, 4) is 17.3 Å². The minimum Gasteiger partial charge on any atom is -0.476 e. The molecule has 3 aromatic rings. The van der Waals surface area contributed by atoms with Crippen LogP contribution in [-0.4, -0.2) is 41.2 Å². The van der Waals surface area contributed by atoms with Crippen molar-refractivity contribution in [3.05, 3.63) is 59.5 Å². The number of carboxylic acid groups (broad SMARTS) is 1. The summed E-state index contributed by atoms with van der Waals surface area (Å²) in [5.74, 6) is -2.24. The molecule has 0 unspecified atom stereocenters. The van der Waals surface area contributed by atoms with Gasteiger partial charge in [0.25, 0.3) is 0 Å². The SMILES string of the molecule is Cc1c(C(=O)O)nn(-c2ccc(F)cc2)c1Oc1ccc(NC(=O)CC(C)(C)C)cc1S(=O)(=O)NC1CC1. The van der Waals surface area contributed by atoms with Crippen molar-refractivity contribution in [1.29, 1.82) is 0 Å². The highest BCUT2D eigenvalue weighted by atomic mass is 32.2. The Labute approximate surface area is 219 Å². The van der Waals surface area contributed by atoms with Gasteiger partial charge in [-0.25, -0.2) is 22.3 Å². The number of carbonyl (C=O) groups is 2. The van der Waals surface area contributed by atoms with Crippen LogP contribution in [0.25, 0.3) is 5.69 Å². The van der Waals surface area contributed by atoms with Crippen LogP contribution in [0.5, 0.6) is 11.6 Å². The minimum atomic E-state index is -4.07. The molecule has 1 amide bonds. The van der Waals surface area contributed by atoms with Crippen LogP contribution in [0.2, 0.25) is 0 Å². The van der Waals surface area contributed by atoms with E-state index < -0.39 is 21.8 Å². The number of hydrogen-bond acceptors (Lipinski definition) is 6. The fourth-order valence-electron chi connectivity index (χ4n) is 3.72. The number of hydrogen-bond donors (Lipinski definition) is 3. The maximum absolute atomic E-state index is 13.5. The van der Waals surface area contributed by atoms with Crippen molar-refractivity contribution >= 4 is 27.6 Å². The number of nitrogens with one attached hydrogen (secondary N) is 2. The average Bonchev–Trinajstić information content (AvgIpc) is 3.55. The van der Waals surface area contributed by atoms with E-state index >= 15 is 0 Å². The third-order valence-corrected chi connectivity index (χ3v) is 7.20. The predicted octanol–water partition coefficient (Wildman–Crippen LogP) is 4.63. The molecule has 0 aliphatic heterocycles. The van der Waals surface area contributed by atoms with Gasteiger partial charge in [0.1, 0.15) is 16.5 Å². The van der Waals surface area contributed by atoms with Gasteiger partial charge in [-0.15, -0.1) is 0 Å². The Morgan fingerprint density at radius 3 is 2.39 bits per heavy atom. The van der Waals surface area contributed by atoms with Crippen LogP contribution in [0, 0.1) is 18.2 Å². The molecule has 38 heavy (non-hydrogen) atoms. The van der Waals surface area contributed by atoms with E-state index in [0.717, 1.165) is 0 Å². The maximum Gasteiger partial charge on any atom is 0.356 e. The topological polar surface area (TPSA) is 140 Å². The van der Waals surface area contributed by atoms with Gasteiger partial charge < -0.3 is 15.2 Å². The number of carboxylic acids is 1. The molecule has 3 N–H and O–H groups in total. The Morgan fingerprint density at radius 2 is 1.82 bits per heavy atom. The number of aromatic nitrogens is 2. The lowest BCUT2D eigenvalue weighted by molar-refractivity contribution is -0.117. The molecule has 1 fully saturated rings. The van der Waals surface area contributed by atoms with Crippen molar-refractivity contribution in [1.82, 2.24) is 14.5 Å². The average molecular weight is 545 g/mol. The number of benzene rings is 2. The van der Waals surface area contributed by atoms with E-state index in [1.54, 1.807) is 0 Å². The van der Waals surface area contributed by atoms with Crippen molar-refractivity contribution in [2.45, 2.75) is 57.9 Å². The van der Waals surface area contributed by atoms with Gasteiger partial charge in [-0.05, 0) is 67.6 Å². The number of sulfonamides is 1. The predicted molar refractivity (Wildman–Crippen MR) is 138 cm³/mol. The molecule has 0 spiro atoms. The van der Waals surface area contributed by atoms with Crippen molar-refractivity contribution in [3.63, 3.8) is 0 Å². The summed E-state index contributed by atoms with van der Waals surface area (Å²) in [6, 6.07) is 9.13. The molecule has 4 rings (SSSR count). The van der Waals surface area contributed by atoms with Gasteiger partial charge in [0.05, 0.1) is 5.69 Å². The normalized spacial score (nSPS) is 13.8. The molecule has 1 saturated carbocycles. The third kappa shape index (κ3) is 6.37. The molecular weight excluding hydrogens is 515 g/mol. The van der Waals surface area contributed by atoms with Crippen LogP contribution in [0.3, 0.4) is 0 Å². The summed E-state index contributed by atoms with van der Waals surface area (Å²) in [7, 11) is -4.07. The van der Waals surface area contributed by atoms with Crippen molar-refractivity contribution < 1.29 is 32.2 Å². The van der Waals surface area contributed by atoms with E-state index in [1.807, 2.05) is 20.8 Å². The Balaban J connectivity index is 1.78. The van der Waals surface area contributed by atoms with E-state index in [-0.39, 0.29) is 57.3 Å². The second-order valence-corrected chi connectivity index (χ2v) is 12.1. The quantitative estimate of drug-likeness (QED) is 0.357. The molecular formula is C26H29FN4O6S. The number of carbonyl (C=O) groups excluding carboxylic acids is 1. The number of anilines is 1. The van der Waals surface area contributed by atoms with E-state index in [1.165, 1.54) is 54.1 Å². The van der Waals surface area contributed by atoms with Gasteiger partial charge >= 0.3 is 5.97 Å². The molecule has 0 atom stereocenters. The molecule has 12 heteroatoms. The lowest BCUT2D eigenvalue weighted by atomic mass is 9.92. The second-order valence-electron chi connectivity index (χ2n) is 10.4. The molecule has 0 saturated heterocycles. The van der Waals surface area contributed by atoms with Crippen LogP contribution in [0.1, 0.15) is 56.1 Å². The Bertz CT molecular complexity index is 1490. The molecule has 202 valence electrons. The fourth-order valence-corrected chi connectivity index (χ4v) is 5.17. The van der Waals surface area contributed by atoms with Gasteiger partial charge in [-0.2, -0.15) is 9.78 Å². The van der Waals surface area contributed by atoms with Gasteiger partial charge in [-0.3, -0.25) is 4.79 Å². The van der Waals surface area contributed by atoms with Crippen molar-refractivity contribution in [2.24, 2.45) is 5.41 Å². The van der Waals surface area contributed by atoms with E-state index in [4.69, 9.17) is 4.74 Å². The molecule has 0 bridgehead atoms. The van der Waals surface area contributed by atoms with Crippen LogP contribution >= 0.6 is 0 Å². The maximum atomic E-state index is 13.5. The summed E-state index contributed by atoms with van der Waals surface area (Å²) in [6.07, 6.45) is 1.63. The van der Waals surface area contributed by atoms with Crippen LogP contribution in [-0.2, 0) is 14.8 Å². The highest BCUT2D eigenvalue weighted by Gasteiger charge is 2.31. The minimum absolute atomic E-state index is 0.0543.